The Morgan fingerprint density at radius 2 is 1.79 bits per heavy atom. The molecule has 0 amide bonds. The molecule has 28 heavy (non-hydrogen) atoms. The SMILES string of the molecule is CN1CCN(c2nc(Nc3cn(-c4ccccc4)cn3)c3cccn3n2)CC1. The van der Waals surface area contributed by atoms with Crippen LogP contribution in [0.5, 0.6) is 0 Å². The molecule has 8 nitrogen and oxygen atoms in total. The first kappa shape index (κ1) is 16.8. The van der Waals surface area contributed by atoms with E-state index in [1.165, 1.54) is 0 Å². The molecule has 1 aliphatic rings. The van der Waals surface area contributed by atoms with Crippen LogP contribution in [0.4, 0.5) is 17.6 Å². The van der Waals surface area contributed by atoms with Crippen molar-refractivity contribution in [1.29, 1.82) is 0 Å². The number of aromatic nitrogens is 5. The van der Waals surface area contributed by atoms with Gasteiger partial charge in [0.25, 0.3) is 0 Å². The van der Waals surface area contributed by atoms with Crippen LogP contribution in [0.25, 0.3) is 11.2 Å². The molecule has 0 spiro atoms. The Labute approximate surface area is 163 Å². The summed E-state index contributed by atoms with van der Waals surface area (Å²) in [5, 5.41) is 8.06. The van der Waals surface area contributed by atoms with Crippen molar-refractivity contribution in [2.24, 2.45) is 0 Å². The fourth-order valence-electron chi connectivity index (χ4n) is 3.41. The van der Waals surface area contributed by atoms with Gasteiger partial charge in [-0.2, -0.15) is 4.98 Å². The number of rotatable bonds is 4. The summed E-state index contributed by atoms with van der Waals surface area (Å²) < 4.78 is 3.86. The Morgan fingerprint density at radius 3 is 2.61 bits per heavy atom. The lowest BCUT2D eigenvalue weighted by Crippen LogP contribution is -2.45. The zero-order chi connectivity index (χ0) is 18.9. The smallest absolute Gasteiger partial charge is 0.245 e. The molecule has 4 aromatic rings. The van der Waals surface area contributed by atoms with Crippen molar-refractivity contribution in [3.8, 4) is 5.69 Å². The lowest BCUT2D eigenvalue weighted by atomic mass is 10.3. The Kier molecular flexibility index (Phi) is 4.17. The van der Waals surface area contributed by atoms with Crippen LogP contribution in [-0.4, -0.2) is 62.3 Å². The fourth-order valence-corrected chi connectivity index (χ4v) is 3.41. The average Bonchev–Trinajstić information content (AvgIpc) is 3.39. The van der Waals surface area contributed by atoms with Gasteiger partial charge in [-0.3, -0.25) is 0 Å². The number of piperazine rings is 1. The minimum absolute atomic E-state index is 0.738. The van der Waals surface area contributed by atoms with Crippen molar-refractivity contribution >= 4 is 23.1 Å². The molecule has 3 aromatic heterocycles. The molecule has 8 heteroatoms. The molecule has 4 heterocycles. The first-order valence-electron chi connectivity index (χ1n) is 9.41. The summed E-state index contributed by atoms with van der Waals surface area (Å²) in [6.07, 6.45) is 5.71. The summed E-state index contributed by atoms with van der Waals surface area (Å²) in [4.78, 5) is 13.9. The zero-order valence-electron chi connectivity index (χ0n) is 15.7. The van der Waals surface area contributed by atoms with Gasteiger partial charge in [0, 0.05) is 38.1 Å². The maximum Gasteiger partial charge on any atom is 0.245 e. The van der Waals surface area contributed by atoms with Gasteiger partial charge >= 0.3 is 0 Å². The molecule has 1 N–H and O–H groups in total. The highest BCUT2D eigenvalue weighted by Gasteiger charge is 2.19. The van der Waals surface area contributed by atoms with E-state index < -0.39 is 0 Å². The number of anilines is 3. The highest BCUT2D eigenvalue weighted by atomic mass is 15.4. The van der Waals surface area contributed by atoms with Crippen LogP contribution in [0.1, 0.15) is 0 Å². The largest absolute Gasteiger partial charge is 0.337 e. The van der Waals surface area contributed by atoms with Crippen LogP contribution in [0, 0.1) is 0 Å². The normalized spacial score (nSPS) is 15.2. The second kappa shape index (κ2) is 6.97. The van der Waals surface area contributed by atoms with E-state index in [9.17, 15) is 0 Å². The summed E-state index contributed by atoms with van der Waals surface area (Å²) in [6.45, 7) is 3.87. The molecule has 1 aliphatic heterocycles. The van der Waals surface area contributed by atoms with Crippen LogP contribution in [0.3, 0.4) is 0 Å². The third-order valence-electron chi connectivity index (χ3n) is 5.05. The number of hydrogen-bond donors (Lipinski definition) is 1. The van der Waals surface area contributed by atoms with Crippen LogP contribution >= 0.6 is 0 Å². The molecule has 1 fully saturated rings. The molecule has 0 bridgehead atoms. The van der Waals surface area contributed by atoms with Gasteiger partial charge in [0.1, 0.15) is 17.7 Å². The number of nitrogens with zero attached hydrogens (tertiary/aromatic N) is 7. The number of hydrogen-bond acceptors (Lipinski definition) is 6. The molecular formula is C20H22N8. The van der Waals surface area contributed by atoms with Gasteiger partial charge in [0.2, 0.25) is 5.95 Å². The number of imidazole rings is 1. The van der Waals surface area contributed by atoms with E-state index in [2.05, 4.69) is 32.2 Å². The maximum absolute atomic E-state index is 4.81. The first-order valence-corrected chi connectivity index (χ1v) is 9.41. The molecule has 1 saturated heterocycles. The Balaban J connectivity index is 1.45. The molecule has 0 radical (unpaired) electrons. The van der Waals surface area contributed by atoms with Crippen molar-refractivity contribution in [3.63, 3.8) is 0 Å². The molecule has 142 valence electrons. The zero-order valence-corrected chi connectivity index (χ0v) is 15.7. The molecular weight excluding hydrogens is 352 g/mol. The van der Waals surface area contributed by atoms with Crippen molar-refractivity contribution in [3.05, 3.63) is 61.2 Å². The minimum Gasteiger partial charge on any atom is -0.337 e. The van der Waals surface area contributed by atoms with Crippen LogP contribution in [0.15, 0.2) is 61.2 Å². The standard InChI is InChI=1S/C20H22N8/c1-25-10-12-26(13-11-25)20-23-19(17-8-5-9-28(17)24-20)22-18-14-27(15-21-18)16-6-3-2-4-7-16/h2-9,14-15H,10-13H2,1H3,(H,22,23,24). The van der Waals surface area contributed by atoms with Gasteiger partial charge in [-0.25, -0.2) is 9.50 Å². The maximum atomic E-state index is 4.81. The summed E-state index contributed by atoms with van der Waals surface area (Å²) in [7, 11) is 2.14. The van der Waals surface area contributed by atoms with Gasteiger partial charge in [-0.15, -0.1) is 5.10 Å². The second-order valence-corrected chi connectivity index (χ2v) is 7.02. The Morgan fingerprint density at radius 1 is 0.964 bits per heavy atom. The quantitative estimate of drug-likeness (QED) is 0.592. The van der Waals surface area contributed by atoms with Gasteiger partial charge in [0.05, 0.1) is 6.20 Å². The van der Waals surface area contributed by atoms with Crippen LogP contribution < -0.4 is 10.2 Å². The van der Waals surface area contributed by atoms with Crippen molar-refractivity contribution in [2.75, 3.05) is 43.4 Å². The predicted molar refractivity (Wildman–Crippen MR) is 110 cm³/mol. The van der Waals surface area contributed by atoms with E-state index >= 15 is 0 Å². The average molecular weight is 374 g/mol. The van der Waals surface area contributed by atoms with Crippen LogP contribution in [0.2, 0.25) is 0 Å². The van der Waals surface area contributed by atoms with Crippen molar-refractivity contribution in [1.82, 2.24) is 29.0 Å². The molecule has 0 atom stereocenters. The number of nitrogens with one attached hydrogen (secondary N) is 1. The van der Waals surface area contributed by atoms with E-state index in [1.807, 2.05) is 63.9 Å². The highest BCUT2D eigenvalue weighted by Crippen LogP contribution is 2.23. The summed E-state index contributed by atoms with van der Waals surface area (Å²) >= 11 is 0. The minimum atomic E-state index is 0.738. The molecule has 1 aromatic carbocycles. The van der Waals surface area contributed by atoms with E-state index in [1.54, 1.807) is 6.33 Å². The summed E-state index contributed by atoms with van der Waals surface area (Å²) in [6, 6.07) is 14.1. The van der Waals surface area contributed by atoms with E-state index in [0.29, 0.717) is 0 Å². The molecule has 0 unspecified atom stereocenters. The highest BCUT2D eigenvalue weighted by molar-refractivity contribution is 5.73. The van der Waals surface area contributed by atoms with Gasteiger partial charge < -0.3 is 19.7 Å². The lowest BCUT2D eigenvalue weighted by molar-refractivity contribution is 0.310. The van der Waals surface area contributed by atoms with Gasteiger partial charge in [-0.05, 0) is 31.3 Å². The van der Waals surface area contributed by atoms with E-state index in [0.717, 1.165) is 55.0 Å². The number of para-hydroxylation sites is 1. The number of fused-ring (bicyclic) bond motifs is 1. The summed E-state index contributed by atoms with van der Waals surface area (Å²) in [5.74, 6) is 2.24. The third kappa shape index (κ3) is 3.18. The lowest BCUT2D eigenvalue weighted by Gasteiger charge is -2.32. The molecule has 0 saturated carbocycles. The Bertz CT molecular complexity index is 1080. The van der Waals surface area contributed by atoms with Crippen molar-refractivity contribution in [2.45, 2.75) is 0 Å². The summed E-state index contributed by atoms with van der Waals surface area (Å²) in [5.41, 5.74) is 1.99. The molecule has 0 aliphatic carbocycles. The van der Waals surface area contributed by atoms with E-state index in [4.69, 9.17) is 4.98 Å². The Hall–Kier alpha value is -3.39. The number of likely N-dealkylation sites (N-methyl/N-ethyl adjacent to an activating group) is 1. The van der Waals surface area contributed by atoms with Gasteiger partial charge in [-0.1, -0.05) is 18.2 Å². The van der Waals surface area contributed by atoms with Crippen LogP contribution in [-0.2, 0) is 0 Å². The second-order valence-electron chi connectivity index (χ2n) is 7.02. The fraction of sp³-hybridized carbons (Fsp3) is 0.250. The molecule has 5 rings (SSSR count). The third-order valence-corrected chi connectivity index (χ3v) is 5.05. The first-order chi connectivity index (χ1) is 13.8. The van der Waals surface area contributed by atoms with E-state index in [-0.39, 0.29) is 0 Å². The predicted octanol–water partition coefficient (Wildman–Crippen LogP) is 2.41. The topological polar surface area (TPSA) is 66.5 Å². The monoisotopic (exact) mass is 374 g/mol. The van der Waals surface area contributed by atoms with Gasteiger partial charge in [0.15, 0.2) is 5.82 Å². The van der Waals surface area contributed by atoms with Crippen molar-refractivity contribution < 1.29 is 0 Å². The number of benzene rings is 1.